The van der Waals surface area contributed by atoms with Gasteiger partial charge in [-0.3, -0.25) is 15.5 Å². The Morgan fingerprint density at radius 2 is 2.00 bits per heavy atom. The summed E-state index contributed by atoms with van der Waals surface area (Å²) in [6.45, 7) is 0. The molecule has 15 heavy (non-hydrogen) atoms. The first kappa shape index (κ1) is 10.8. The van der Waals surface area contributed by atoms with E-state index in [9.17, 15) is 14.9 Å². The largest absolute Gasteiger partial charge is 0.464 e. The molecule has 7 heteroatoms. The number of nitro groups is 1. The van der Waals surface area contributed by atoms with Crippen LogP contribution in [-0.2, 0) is 0 Å². The minimum atomic E-state index is -1.15. The number of carboxylic acid groups (broad SMARTS) is 1. The number of benzene rings is 1. The highest BCUT2D eigenvalue weighted by Gasteiger charge is 2.07. The molecule has 0 fully saturated rings. The average Bonchev–Trinajstić information content (AvgIpc) is 2.18. The maximum Gasteiger partial charge on any atom is 0.425 e. The normalized spacial score (nSPS) is 9.40. The van der Waals surface area contributed by atoms with E-state index in [1.54, 1.807) is 0 Å². The van der Waals surface area contributed by atoms with Gasteiger partial charge >= 0.3 is 6.09 Å². The number of hydrazine groups is 1. The van der Waals surface area contributed by atoms with E-state index in [0.717, 1.165) is 5.01 Å². The molecule has 0 heterocycles. The molecule has 0 aliphatic rings. The summed E-state index contributed by atoms with van der Waals surface area (Å²) in [5.74, 6) is 0. The molecule has 0 atom stereocenters. The van der Waals surface area contributed by atoms with Gasteiger partial charge in [0.1, 0.15) is 0 Å². The van der Waals surface area contributed by atoms with Gasteiger partial charge in [-0.25, -0.2) is 9.80 Å². The van der Waals surface area contributed by atoms with Crippen LogP contribution in [0.5, 0.6) is 0 Å². The van der Waals surface area contributed by atoms with Gasteiger partial charge in [0.2, 0.25) is 0 Å². The molecule has 0 aromatic heterocycles. The van der Waals surface area contributed by atoms with Crippen molar-refractivity contribution in [1.29, 1.82) is 0 Å². The van der Waals surface area contributed by atoms with Crippen molar-refractivity contribution in [1.82, 2.24) is 5.01 Å². The lowest BCUT2D eigenvalue weighted by Gasteiger charge is -2.15. The van der Waals surface area contributed by atoms with Gasteiger partial charge in [-0.2, -0.15) is 0 Å². The maximum absolute atomic E-state index is 10.4. The molecule has 7 nitrogen and oxygen atoms in total. The fourth-order valence-electron chi connectivity index (χ4n) is 0.899. The smallest absolute Gasteiger partial charge is 0.425 e. The molecule has 2 N–H and O–H groups in total. The minimum absolute atomic E-state index is 0.0430. The van der Waals surface area contributed by atoms with Crippen LogP contribution in [0.15, 0.2) is 24.3 Å². The van der Waals surface area contributed by atoms with E-state index >= 15 is 0 Å². The van der Waals surface area contributed by atoms with Gasteiger partial charge in [0.05, 0.1) is 10.6 Å². The van der Waals surface area contributed by atoms with Crippen LogP contribution in [0.25, 0.3) is 0 Å². The van der Waals surface area contributed by atoms with Gasteiger partial charge in [0, 0.05) is 19.2 Å². The lowest BCUT2D eigenvalue weighted by molar-refractivity contribution is -0.384. The Kier molecular flexibility index (Phi) is 3.06. The van der Waals surface area contributed by atoms with E-state index in [1.807, 2.05) is 0 Å². The van der Waals surface area contributed by atoms with E-state index in [4.69, 9.17) is 5.11 Å². The summed E-state index contributed by atoms with van der Waals surface area (Å²) in [5, 5.41) is 19.7. The van der Waals surface area contributed by atoms with Crippen molar-refractivity contribution < 1.29 is 14.8 Å². The van der Waals surface area contributed by atoms with Crippen LogP contribution in [0.3, 0.4) is 0 Å². The molecule has 1 amide bonds. The monoisotopic (exact) mass is 211 g/mol. The second-order valence-electron chi connectivity index (χ2n) is 2.76. The Morgan fingerprint density at radius 3 is 2.40 bits per heavy atom. The summed E-state index contributed by atoms with van der Waals surface area (Å²) in [4.78, 5) is 20.2. The number of anilines is 1. The molecule has 1 rings (SSSR count). The highest BCUT2D eigenvalue weighted by Crippen LogP contribution is 2.15. The number of nitrogens with one attached hydrogen (secondary N) is 1. The minimum Gasteiger partial charge on any atom is -0.464 e. The summed E-state index contributed by atoms with van der Waals surface area (Å²) in [6, 6.07) is 5.44. The second kappa shape index (κ2) is 4.27. The molecule has 0 spiro atoms. The molecule has 0 aliphatic heterocycles. The number of nitrogens with zero attached hydrogens (tertiary/aromatic N) is 2. The summed E-state index contributed by atoms with van der Waals surface area (Å²) >= 11 is 0. The SMILES string of the molecule is CN(Nc1ccc([N+](=O)[O-])cc1)C(=O)O. The molecular formula is C8H9N3O4. The van der Waals surface area contributed by atoms with Gasteiger partial charge in [0.25, 0.3) is 5.69 Å². The van der Waals surface area contributed by atoms with Gasteiger partial charge in [0.15, 0.2) is 0 Å². The predicted octanol–water partition coefficient (Wildman–Crippen LogP) is 1.53. The highest BCUT2D eigenvalue weighted by atomic mass is 16.6. The average molecular weight is 211 g/mol. The Labute approximate surface area is 85.0 Å². The van der Waals surface area contributed by atoms with Gasteiger partial charge in [-0.15, -0.1) is 0 Å². The Balaban J connectivity index is 2.72. The third-order valence-electron chi connectivity index (χ3n) is 1.66. The fourth-order valence-corrected chi connectivity index (χ4v) is 0.899. The van der Waals surface area contributed by atoms with Crippen LogP contribution in [0.4, 0.5) is 16.2 Å². The van der Waals surface area contributed by atoms with Crippen LogP contribution in [0.1, 0.15) is 0 Å². The Hall–Kier alpha value is -2.31. The number of nitro benzene ring substituents is 1. The van der Waals surface area contributed by atoms with E-state index < -0.39 is 11.0 Å². The quantitative estimate of drug-likeness (QED) is 0.583. The number of hydrogen-bond donors (Lipinski definition) is 2. The van der Waals surface area contributed by atoms with Crippen molar-refractivity contribution >= 4 is 17.5 Å². The molecule has 0 aliphatic carbocycles. The summed E-state index contributed by atoms with van der Waals surface area (Å²) in [7, 11) is 1.32. The predicted molar refractivity (Wildman–Crippen MR) is 52.5 cm³/mol. The third kappa shape index (κ3) is 2.83. The molecule has 80 valence electrons. The van der Waals surface area contributed by atoms with Crippen LogP contribution in [0, 0.1) is 10.1 Å². The number of non-ortho nitro benzene ring substituents is 1. The van der Waals surface area contributed by atoms with Crippen molar-refractivity contribution in [3.8, 4) is 0 Å². The lowest BCUT2D eigenvalue weighted by atomic mass is 10.3. The molecule has 0 saturated carbocycles. The highest BCUT2D eigenvalue weighted by molar-refractivity contribution is 5.67. The van der Waals surface area contributed by atoms with Crippen molar-refractivity contribution in [2.45, 2.75) is 0 Å². The van der Waals surface area contributed by atoms with E-state index in [1.165, 1.54) is 31.3 Å². The topological polar surface area (TPSA) is 95.7 Å². The first-order chi connectivity index (χ1) is 7.00. The van der Waals surface area contributed by atoms with Crippen molar-refractivity contribution in [2.75, 3.05) is 12.5 Å². The van der Waals surface area contributed by atoms with Gasteiger partial charge < -0.3 is 5.11 Å². The second-order valence-corrected chi connectivity index (χ2v) is 2.76. The number of rotatable bonds is 3. The van der Waals surface area contributed by atoms with Crippen molar-refractivity contribution in [3.05, 3.63) is 34.4 Å². The Morgan fingerprint density at radius 1 is 1.47 bits per heavy atom. The first-order valence-electron chi connectivity index (χ1n) is 3.98. The fraction of sp³-hybridized carbons (Fsp3) is 0.125. The summed E-state index contributed by atoms with van der Waals surface area (Å²) in [6.07, 6.45) is -1.15. The standard InChI is InChI=1S/C8H9N3O4/c1-10(8(12)13)9-6-2-4-7(5-3-6)11(14)15/h2-5,9H,1H3,(H,12,13). The van der Waals surface area contributed by atoms with E-state index in [0.29, 0.717) is 5.69 Å². The molecule has 1 aromatic rings. The molecule has 0 saturated heterocycles. The van der Waals surface area contributed by atoms with Crippen molar-refractivity contribution in [3.63, 3.8) is 0 Å². The summed E-state index contributed by atoms with van der Waals surface area (Å²) in [5.41, 5.74) is 2.94. The molecule has 0 unspecified atom stereocenters. The number of amides is 1. The van der Waals surface area contributed by atoms with Crippen molar-refractivity contribution in [2.24, 2.45) is 0 Å². The summed E-state index contributed by atoms with van der Waals surface area (Å²) < 4.78 is 0. The van der Waals surface area contributed by atoms with Gasteiger partial charge in [-0.1, -0.05) is 0 Å². The zero-order chi connectivity index (χ0) is 11.4. The zero-order valence-corrected chi connectivity index (χ0v) is 7.88. The first-order valence-corrected chi connectivity index (χ1v) is 3.98. The Bertz CT molecular complexity index is 376. The molecule has 0 bridgehead atoms. The maximum atomic E-state index is 10.4. The van der Waals surface area contributed by atoms with Crippen LogP contribution in [0.2, 0.25) is 0 Å². The molecule has 1 aromatic carbocycles. The van der Waals surface area contributed by atoms with Gasteiger partial charge in [-0.05, 0) is 12.1 Å². The lowest BCUT2D eigenvalue weighted by Crippen LogP contribution is -2.30. The number of hydrogen-bond acceptors (Lipinski definition) is 4. The molecular weight excluding hydrogens is 202 g/mol. The third-order valence-corrected chi connectivity index (χ3v) is 1.66. The molecule has 0 radical (unpaired) electrons. The number of carbonyl (C=O) groups is 1. The van der Waals surface area contributed by atoms with E-state index in [2.05, 4.69) is 5.43 Å². The zero-order valence-electron chi connectivity index (χ0n) is 7.88. The van der Waals surface area contributed by atoms with Crippen LogP contribution < -0.4 is 5.43 Å². The van der Waals surface area contributed by atoms with Crippen LogP contribution >= 0.6 is 0 Å². The van der Waals surface area contributed by atoms with E-state index in [-0.39, 0.29) is 5.69 Å². The van der Waals surface area contributed by atoms with Crippen LogP contribution in [-0.4, -0.2) is 28.2 Å².